The van der Waals surface area contributed by atoms with Crippen molar-refractivity contribution in [2.24, 2.45) is 0 Å². The van der Waals surface area contributed by atoms with Crippen LogP contribution in [0.4, 0.5) is 139 Å². The standard InChI is InChI=1S/C101H103F6N19O11/c1-63-14-11-15-64(2)89(63)122-61-70-58-110-96(113-76-49-73(101(105,106)107)51-78(53-76)120-40-46-135-47-41-120)116-92(70)125(98(122)128)85-30-27-80(55-88(85)133-8)136-42-31-67-18-9-10-20-82(67)121-60-69-57-109-95(112-75-48-72(100(102,103)104)50-77(52-75)119-36-34-117(4)35-37-119)115-91(69)124(97(121)127)84-29-26-81(56-87(84)132-7)137-43-32-68-19-12-16-65(3)90(68)123-62-71-59-108-94(111-74-23-21-66(22-24-74)17-13-33-118-38-44-134-45-39-118)114-93(71)126(99(123)129)83-28-25-79(130-5)54-86(83)131-6/h9-12,14-16,18-30,48-59H,13,17,31-47,60-62H2,1-8H3,(H,108,111,114)(H,109,112,115)(H,110,113,116). The SMILES string of the molecule is COc1ccc(N2C(=O)N(c3c(C)cccc3CCOc3ccc(N4C(=O)N(c5ccccc5CCOc5ccc(N6C(=O)N(c7c(C)cccc7C)Cc7cnc(Nc8cc(N9CCOCC9)cc(C(F)(F)F)c8)nc76)c(OC)c5)Cc5cnc(Nc6cc(N7CCN(C)CC7)cc(C(F)(F)F)c6)nc54)c(OC)c3)Cc3cnc(Nc4ccc(CCCN5CCOCC5)cc4)nc32)c(OC)c1. The lowest BCUT2D eigenvalue weighted by atomic mass is 10.0. The number of morpholine rings is 2. The van der Waals surface area contributed by atoms with E-state index < -0.39 is 41.6 Å². The predicted octanol–water partition coefficient (Wildman–Crippen LogP) is 19.2. The number of urea groups is 3. The second-order valence-corrected chi connectivity index (χ2v) is 34.1. The molecular weight excluding hydrogens is 1770 g/mol. The summed E-state index contributed by atoms with van der Waals surface area (Å²) in [7, 11) is 7.94. The number of likely N-dealkylation sites (N-methyl/N-ethyl adjacent to an activating group) is 1. The average molecular weight is 1870 g/mol. The molecule has 6 amide bonds. The quantitative estimate of drug-likeness (QED) is 0.0353. The number of para-hydroxylation sites is 3. The molecule has 9 aromatic carbocycles. The van der Waals surface area contributed by atoms with Crippen LogP contribution in [0.2, 0.25) is 0 Å². The molecule has 12 aromatic rings. The Bertz CT molecular complexity index is 6460. The molecule has 6 aliphatic heterocycles. The van der Waals surface area contributed by atoms with E-state index in [1.807, 2.05) is 98.3 Å². The Morgan fingerprint density at radius 1 is 0.401 bits per heavy atom. The highest BCUT2D eigenvalue weighted by Gasteiger charge is 2.43. The highest BCUT2D eigenvalue weighted by Crippen LogP contribution is 2.49. The summed E-state index contributed by atoms with van der Waals surface area (Å²) in [4.78, 5) is 93.7. The van der Waals surface area contributed by atoms with Crippen LogP contribution in [0.15, 0.2) is 195 Å². The molecule has 0 unspecified atom stereocenters. The number of nitrogens with zero attached hydrogens (tertiary/aromatic N) is 16. The van der Waals surface area contributed by atoms with E-state index >= 15 is 14.4 Å². The highest BCUT2D eigenvalue weighted by atomic mass is 19.4. The third-order valence-corrected chi connectivity index (χ3v) is 25.2. The van der Waals surface area contributed by atoms with Gasteiger partial charge in [-0.05, 0) is 172 Å². The van der Waals surface area contributed by atoms with Crippen molar-refractivity contribution in [3.63, 3.8) is 0 Å². The third kappa shape index (κ3) is 20.2. The maximum Gasteiger partial charge on any atom is 0.416 e. The molecule has 710 valence electrons. The molecule has 0 saturated carbocycles. The van der Waals surface area contributed by atoms with Crippen LogP contribution in [0.5, 0.6) is 34.5 Å². The monoisotopic (exact) mass is 1870 g/mol. The van der Waals surface area contributed by atoms with E-state index in [0.717, 1.165) is 97.9 Å². The lowest BCUT2D eigenvalue weighted by Crippen LogP contribution is -2.46. The Balaban J connectivity index is 0.617. The van der Waals surface area contributed by atoms with Gasteiger partial charge >= 0.3 is 30.4 Å². The molecule has 9 heterocycles. The number of rotatable bonds is 30. The van der Waals surface area contributed by atoms with E-state index in [1.165, 1.54) is 47.8 Å². The van der Waals surface area contributed by atoms with E-state index in [-0.39, 0.29) is 103 Å². The Morgan fingerprint density at radius 3 is 1.32 bits per heavy atom. The Labute approximate surface area is 788 Å². The molecule has 0 atom stereocenters. The van der Waals surface area contributed by atoms with Gasteiger partial charge in [0.1, 0.15) is 34.5 Å². The average Bonchev–Trinajstić information content (AvgIpc) is 0.751. The second kappa shape index (κ2) is 40.0. The lowest BCUT2D eigenvalue weighted by molar-refractivity contribution is -0.138. The number of carbonyl (C=O) groups is 3. The normalized spacial score (nSPS) is 15.5. The van der Waals surface area contributed by atoms with Gasteiger partial charge in [-0.15, -0.1) is 0 Å². The zero-order valence-electron chi connectivity index (χ0n) is 76.9. The van der Waals surface area contributed by atoms with Crippen LogP contribution in [0.25, 0.3) is 0 Å². The summed E-state index contributed by atoms with van der Waals surface area (Å²) in [5.41, 5.74) is 9.27. The molecule has 3 aromatic heterocycles. The molecule has 36 heteroatoms. The largest absolute Gasteiger partial charge is 0.497 e. The number of nitrogens with one attached hydrogen (secondary N) is 3. The molecule has 0 spiro atoms. The lowest BCUT2D eigenvalue weighted by Gasteiger charge is -2.38. The summed E-state index contributed by atoms with van der Waals surface area (Å²) in [6, 6.07) is 48.2. The summed E-state index contributed by atoms with van der Waals surface area (Å²) >= 11 is 0. The number of hydrogen-bond acceptors (Lipinski definition) is 24. The Morgan fingerprint density at radius 2 is 0.825 bits per heavy atom. The minimum absolute atomic E-state index is 0.0372. The van der Waals surface area contributed by atoms with Gasteiger partial charge in [0.05, 0.1) is 127 Å². The van der Waals surface area contributed by atoms with Crippen LogP contribution >= 0.6 is 0 Å². The van der Waals surface area contributed by atoms with Crippen molar-refractivity contribution >= 4 is 116 Å². The predicted molar refractivity (Wildman–Crippen MR) is 512 cm³/mol. The van der Waals surface area contributed by atoms with Gasteiger partial charge in [-0.3, -0.25) is 19.6 Å². The first-order chi connectivity index (χ1) is 66.3. The number of hydrogen-bond donors (Lipinski definition) is 3. The number of alkyl halides is 6. The first-order valence-corrected chi connectivity index (χ1v) is 45.2. The Hall–Kier alpha value is -14.8. The molecule has 30 nitrogen and oxygen atoms in total. The van der Waals surface area contributed by atoms with Gasteiger partial charge in [0.2, 0.25) is 17.8 Å². The second-order valence-electron chi connectivity index (χ2n) is 34.1. The van der Waals surface area contributed by atoms with Gasteiger partial charge in [-0.1, -0.05) is 66.7 Å². The fraction of sp³-hybridized carbons (Fsp3) is 0.317. The maximum absolute atomic E-state index is 16.1. The van der Waals surface area contributed by atoms with Gasteiger partial charge < -0.3 is 68.5 Å². The van der Waals surface area contributed by atoms with E-state index in [9.17, 15) is 26.3 Å². The van der Waals surface area contributed by atoms with Crippen molar-refractivity contribution in [3.8, 4) is 34.5 Å². The number of ether oxygens (including phenoxy) is 8. The molecule has 3 fully saturated rings. The number of halogens is 6. The summed E-state index contributed by atoms with van der Waals surface area (Å²) in [5.74, 6) is 2.65. The van der Waals surface area contributed by atoms with Crippen LogP contribution in [0, 0.1) is 20.8 Å². The molecule has 6 aliphatic rings. The van der Waals surface area contributed by atoms with Gasteiger partial charge in [-0.2, -0.15) is 41.3 Å². The van der Waals surface area contributed by atoms with Crippen LogP contribution in [-0.4, -0.2) is 192 Å². The fourth-order valence-corrected chi connectivity index (χ4v) is 18.2. The number of fused-ring (bicyclic) bond motifs is 3. The molecule has 0 aliphatic carbocycles. The van der Waals surface area contributed by atoms with Crippen molar-refractivity contribution in [3.05, 3.63) is 256 Å². The topological polar surface area (TPSA) is 271 Å². The van der Waals surface area contributed by atoms with Crippen molar-refractivity contribution in [2.75, 3.05) is 189 Å². The third-order valence-electron chi connectivity index (χ3n) is 25.2. The van der Waals surface area contributed by atoms with Crippen LogP contribution in [0.1, 0.15) is 67.6 Å². The van der Waals surface area contributed by atoms with Gasteiger partial charge in [0.15, 0.2) is 17.5 Å². The van der Waals surface area contributed by atoms with Crippen molar-refractivity contribution < 1.29 is 78.6 Å². The van der Waals surface area contributed by atoms with Crippen LogP contribution < -0.4 is 83.6 Å². The summed E-state index contributed by atoms with van der Waals surface area (Å²) in [6.45, 7) is 14.1. The maximum atomic E-state index is 16.1. The number of piperazine rings is 1. The molecule has 137 heavy (non-hydrogen) atoms. The number of methoxy groups -OCH3 is 4. The van der Waals surface area contributed by atoms with Gasteiger partial charge in [-0.25, -0.2) is 44.0 Å². The van der Waals surface area contributed by atoms with E-state index in [0.29, 0.717) is 144 Å². The molecule has 18 rings (SSSR count). The number of carbonyl (C=O) groups excluding carboxylic acids is 3. The fourth-order valence-electron chi connectivity index (χ4n) is 18.2. The first-order valence-electron chi connectivity index (χ1n) is 45.2. The minimum Gasteiger partial charge on any atom is -0.497 e. The van der Waals surface area contributed by atoms with E-state index in [2.05, 4.69) is 42.9 Å². The Kier molecular flexibility index (Phi) is 27.1. The number of anilines is 17. The molecule has 0 bridgehead atoms. The molecule has 3 saturated heterocycles. The smallest absolute Gasteiger partial charge is 0.416 e. The van der Waals surface area contributed by atoms with Crippen molar-refractivity contribution in [1.29, 1.82) is 0 Å². The molecule has 3 N–H and O–H groups in total. The number of aromatic nitrogens is 6. The molecule has 0 radical (unpaired) electrons. The highest BCUT2D eigenvalue weighted by molar-refractivity contribution is 6.14. The zero-order valence-corrected chi connectivity index (χ0v) is 76.9. The summed E-state index contributed by atoms with van der Waals surface area (Å²) in [5, 5.41) is 9.44. The van der Waals surface area contributed by atoms with E-state index in [1.54, 1.807) is 113 Å². The minimum atomic E-state index is -4.71. The number of amides is 6. The summed E-state index contributed by atoms with van der Waals surface area (Å²) in [6.07, 6.45) is -2.13. The van der Waals surface area contributed by atoms with Gasteiger partial charge in [0, 0.05) is 153 Å². The van der Waals surface area contributed by atoms with Crippen LogP contribution in [0.3, 0.4) is 0 Å². The van der Waals surface area contributed by atoms with Crippen LogP contribution in [-0.2, 0) is 60.7 Å². The van der Waals surface area contributed by atoms with Crippen molar-refractivity contribution in [1.82, 2.24) is 39.7 Å². The summed E-state index contributed by atoms with van der Waals surface area (Å²) < 4.78 is 137. The molecular formula is C101H103F6N19O11. The van der Waals surface area contributed by atoms with Gasteiger partial charge in [0.25, 0.3) is 0 Å². The zero-order chi connectivity index (χ0) is 95.3. The number of aryl methyl sites for hydroxylation is 4. The number of benzene rings is 9. The van der Waals surface area contributed by atoms with E-state index in [4.69, 9.17) is 62.8 Å². The van der Waals surface area contributed by atoms with Crippen molar-refractivity contribution in [2.45, 2.75) is 78.4 Å². The first kappa shape index (κ1) is 92.7.